The zero-order valence-electron chi connectivity index (χ0n) is 12.1. The van der Waals surface area contributed by atoms with Crippen LogP contribution in [0.2, 0.25) is 0 Å². The minimum Gasteiger partial charge on any atom is -0.493 e. The molecule has 2 heterocycles. The van der Waals surface area contributed by atoms with Crippen molar-refractivity contribution in [2.24, 2.45) is 0 Å². The molecule has 0 aromatic heterocycles. The van der Waals surface area contributed by atoms with Gasteiger partial charge in [-0.05, 0) is 37.1 Å². The Hall–Kier alpha value is -1.26. The van der Waals surface area contributed by atoms with Gasteiger partial charge < -0.3 is 19.5 Å². The highest BCUT2D eigenvalue weighted by atomic mass is 16.5. The summed E-state index contributed by atoms with van der Waals surface area (Å²) in [5, 5.41) is 3.51. The first-order valence-corrected chi connectivity index (χ1v) is 7.52. The van der Waals surface area contributed by atoms with E-state index in [-0.39, 0.29) is 6.10 Å². The van der Waals surface area contributed by atoms with Crippen LogP contribution in [-0.2, 0) is 4.74 Å². The molecule has 2 aliphatic rings. The predicted octanol–water partition coefficient (Wildman–Crippen LogP) is 2.68. The summed E-state index contributed by atoms with van der Waals surface area (Å²) >= 11 is 0. The fraction of sp³-hybridized carbons (Fsp3) is 0.625. The highest BCUT2D eigenvalue weighted by Gasteiger charge is 2.20. The van der Waals surface area contributed by atoms with Crippen LogP contribution >= 0.6 is 0 Å². The van der Waals surface area contributed by atoms with Gasteiger partial charge >= 0.3 is 0 Å². The number of nitrogens with one attached hydrogen (secondary N) is 1. The second-order valence-corrected chi connectivity index (χ2v) is 5.49. The van der Waals surface area contributed by atoms with Crippen LogP contribution < -0.4 is 14.8 Å². The normalized spacial score (nSPS) is 23.8. The third-order valence-corrected chi connectivity index (χ3v) is 4.11. The molecule has 0 bridgehead atoms. The number of hydrogen-bond donors (Lipinski definition) is 1. The molecule has 1 unspecified atom stereocenters. The summed E-state index contributed by atoms with van der Waals surface area (Å²) in [5.41, 5.74) is 1.29. The maximum absolute atomic E-state index is 6.07. The van der Waals surface area contributed by atoms with E-state index in [1.165, 1.54) is 18.4 Å². The standard InChI is InChI=1S/C16H23NO3/c1-18-16-11-12(14-3-2-8-17-14)4-5-15(16)20-13-6-9-19-10-7-13/h4-5,11,13-14,17H,2-3,6-10H2,1H3. The Kier molecular flexibility index (Phi) is 4.43. The van der Waals surface area contributed by atoms with Crippen LogP contribution in [0.3, 0.4) is 0 Å². The summed E-state index contributed by atoms with van der Waals surface area (Å²) in [7, 11) is 1.71. The van der Waals surface area contributed by atoms with E-state index in [4.69, 9.17) is 14.2 Å². The largest absolute Gasteiger partial charge is 0.493 e. The van der Waals surface area contributed by atoms with Crippen molar-refractivity contribution < 1.29 is 14.2 Å². The van der Waals surface area contributed by atoms with Gasteiger partial charge in [0, 0.05) is 18.9 Å². The van der Waals surface area contributed by atoms with Crippen molar-refractivity contribution in [3.63, 3.8) is 0 Å². The molecule has 0 spiro atoms. The lowest BCUT2D eigenvalue weighted by molar-refractivity contribution is 0.0245. The summed E-state index contributed by atoms with van der Waals surface area (Å²) in [5.74, 6) is 1.68. The number of ether oxygens (including phenoxy) is 3. The highest BCUT2D eigenvalue weighted by molar-refractivity contribution is 5.44. The highest BCUT2D eigenvalue weighted by Crippen LogP contribution is 2.34. The molecule has 4 heteroatoms. The second-order valence-electron chi connectivity index (χ2n) is 5.49. The molecular formula is C16H23NO3. The van der Waals surface area contributed by atoms with E-state index in [1.807, 2.05) is 6.07 Å². The molecule has 0 radical (unpaired) electrons. The molecule has 2 aliphatic heterocycles. The predicted molar refractivity (Wildman–Crippen MR) is 77.4 cm³/mol. The molecule has 0 aliphatic carbocycles. The van der Waals surface area contributed by atoms with Crippen LogP contribution in [0.25, 0.3) is 0 Å². The Morgan fingerprint density at radius 2 is 2.00 bits per heavy atom. The van der Waals surface area contributed by atoms with Crippen molar-refractivity contribution in [1.29, 1.82) is 0 Å². The second kappa shape index (κ2) is 6.46. The molecule has 2 saturated heterocycles. The van der Waals surface area contributed by atoms with Crippen molar-refractivity contribution in [1.82, 2.24) is 5.32 Å². The topological polar surface area (TPSA) is 39.7 Å². The Morgan fingerprint density at radius 1 is 1.15 bits per heavy atom. The number of rotatable bonds is 4. The van der Waals surface area contributed by atoms with E-state index in [9.17, 15) is 0 Å². The van der Waals surface area contributed by atoms with Crippen LogP contribution in [-0.4, -0.2) is 33.0 Å². The average Bonchev–Trinajstić information content (AvgIpc) is 3.03. The average molecular weight is 277 g/mol. The van der Waals surface area contributed by atoms with Gasteiger partial charge in [-0.25, -0.2) is 0 Å². The lowest BCUT2D eigenvalue weighted by atomic mass is 10.0. The van der Waals surface area contributed by atoms with Crippen LogP contribution in [0.4, 0.5) is 0 Å². The van der Waals surface area contributed by atoms with Gasteiger partial charge in [0.05, 0.1) is 20.3 Å². The summed E-state index contributed by atoms with van der Waals surface area (Å²) in [4.78, 5) is 0. The Balaban J connectivity index is 1.73. The molecule has 0 saturated carbocycles. The summed E-state index contributed by atoms with van der Waals surface area (Å²) < 4.78 is 16.9. The molecule has 1 aromatic rings. The van der Waals surface area contributed by atoms with Gasteiger partial charge in [-0.15, -0.1) is 0 Å². The molecule has 0 amide bonds. The first-order chi connectivity index (χ1) is 9.86. The number of methoxy groups -OCH3 is 1. The maximum atomic E-state index is 6.07. The first kappa shape index (κ1) is 13.7. The molecular weight excluding hydrogens is 254 g/mol. The van der Waals surface area contributed by atoms with Crippen molar-refractivity contribution >= 4 is 0 Å². The smallest absolute Gasteiger partial charge is 0.161 e. The van der Waals surface area contributed by atoms with E-state index < -0.39 is 0 Å². The van der Waals surface area contributed by atoms with Crippen molar-refractivity contribution in [3.8, 4) is 11.5 Å². The Morgan fingerprint density at radius 3 is 2.70 bits per heavy atom. The van der Waals surface area contributed by atoms with Crippen LogP contribution in [0, 0.1) is 0 Å². The molecule has 1 atom stereocenters. The number of hydrogen-bond acceptors (Lipinski definition) is 4. The van der Waals surface area contributed by atoms with Crippen LogP contribution in [0.1, 0.15) is 37.3 Å². The zero-order chi connectivity index (χ0) is 13.8. The van der Waals surface area contributed by atoms with E-state index >= 15 is 0 Å². The van der Waals surface area contributed by atoms with Gasteiger partial charge in [-0.2, -0.15) is 0 Å². The lowest BCUT2D eigenvalue weighted by Crippen LogP contribution is -2.26. The Labute approximate surface area is 120 Å². The van der Waals surface area contributed by atoms with Crippen molar-refractivity contribution in [2.45, 2.75) is 37.8 Å². The summed E-state index contributed by atoms with van der Waals surface area (Å²) in [6, 6.07) is 6.77. The Bertz CT molecular complexity index is 437. The fourth-order valence-electron chi connectivity index (χ4n) is 2.94. The van der Waals surface area contributed by atoms with Gasteiger partial charge in [-0.3, -0.25) is 0 Å². The minimum atomic E-state index is 0.244. The van der Waals surface area contributed by atoms with Crippen LogP contribution in [0.5, 0.6) is 11.5 Å². The van der Waals surface area contributed by atoms with Gasteiger partial charge in [0.15, 0.2) is 11.5 Å². The molecule has 20 heavy (non-hydrogen) atoms. The fourth-order valence-corrected chi connectivity index (χ4v) is 2.94. The van der Waals surface area contributed by atoms with Crippen LogP contribution in [0.15, 0.2) is 18.2 Å². The molecule has 2 fully saturated rings. The van der Waals surface area contributed by atoms with Gasteiger partial charge in [0.25, 0.3) is 0 Å². The molecule has 110 valence electrons. The quantitative estimate of drug-likeness (QED) is 0.918. The monoisotopic (exact) mass is 277 g/mol. The third kappa shape index (κ3) is 3.07. The van der Waals surface area contributed by atoms with Gasteiger partial charge in [-0.1, -0.05) is 6.07 Å². The minimum absolute atomic E-state index is 0.244. The molecule has 3 rings (SSSR count). The van der Waals surface area contributed by atoms with E-state index in [0.717, 1.165) is 44.1 Å². The lowest BCUT2D eigenvalue weighted by Gasteiger charge is -2.24. The van der Waals surface area contributed by atoms with Gasteiger partial charge in [0.2, 0.25) is 0 Å². The molecule has 1 aromatic carbocycles. The number of benzene rings is 1. The SMILES string of the molecule is COc1cc(C2CCCN2)ccc1OC1CCOCC1. The van der Waals surface area contributed by atoms with E-state index in [0.29, 0.717) is 6.04 Å². The van der Waals surface area contributed by atoms with Crippen molar-refractivity contribution in [3.05, 3.63) is 23.8 Å². The zero-order valence-corrected chi connectivity index (χ0v) is 12.1. The first-order valence-electron chi connectivity index (χ1n) is 7.52. The molecule has 1 N–H and O–H groups in total. The third-order valence-electron chi connectivity index (χ3n) is 4.11. The van der Waals surface area contributed by atoms with E-state index in [1.54, 1.807) is 7.11 Å². The van der Waals surface area contributed by atoms with E-state index in [2.05, 4.69) is 17.4 Å². The molecule has 4 nitrogen and oxygen atoms in total. The summed E-state index contributed by atoms with van der Waals surface area (Å²) in [6.45, 7) is 2.68. The summed E-state index contributed by atoms with van der Waals surface area (Å²) in [6.07, 6.45) is 4.59. The van der Waals surface area contributed by atoms with Gasteiger partial charge in [0.1, 0.15) is 6.10 Å². The maximum Gasteiger partial charge on any atom is 0.161 e. The van der Waals surface area contributed by atoms with Crippen molar-refractivity contribution in [2.75, 3.05) is 26.9 Å².